The first-order valence-corrected chi connectivity index (χ1v) is 4.90. The third kappa shape index (κ3) is 3.17. The molecule has 0 amide bonds. The van der Waals surface area contributed by atoms with Crippen molar-refractivity contribution in [2.75, 3.05) is 6.61 Å². The first-order chi connectivity index (χ1) is 7.35. The zero-order valence-corrected chi connectivity index (χ0v) is 9.14. The smallest absolute Gasteiger partial charge is 0.353 e. The van der Waals surface area contributed by atoms with Crippen molar-refractivity contribution in [3.63, 3.8) is 0 Å². The molecule has 1 fully saturated rings. The van der Waals surface area contributed by atoms with Crippen molar-refractivity contribution in [2.45, 2.75) is 31.6 Å². The van der Waals surface area contributed by atoms with E-state index in [0.717, 1.165) is 0 Å². The van der Waals surface area contributed by atoms with Crippen LogP contribution in [0.5, 0.6) is 0 Å². The molecule has 0 saturated carbocycles. The van der Waals surface area contributed by atoms with Crippen LogP contribution in [0.1, 0.15) is 13.3 Å². The van der Waals surface area contributed by atoms with Crippen molar-refractivity contribution in [3.05, 3.63) is 12.3 Å². The molecule has 1 heterocycles. The van der Waals surface area contributed by atoms with E-state index in [0.29, 0.717) is 6.42 Å². The fourth-order valence-electron chi connectivity index (χ4n) is 1.39. The number of rotatable bonds is 4. The van der Waals surface area contributed by atoms with Gasteiger partial charge in [0.1, 0.15) is 18.4 Å². The van der Waals surface area contributed by atoms with Crippen LogP contribution in [0.15, 0.2) is 12.3 Å². The summed E-state index contributed by atoms with van der Waals surface area (Å²) >= 11 is 0. The first kappa shape index (κ1) is 12.9. The van der Waals surface area contributed by atoms with Crippen LogP contribution in [-0.2, 0) is 19.0 Å². The van der Waals surface area contributed by atoms with Gasteiger partial charge in [-0.2, -0.15) is 0 Å². The van der Waals surface area contributed by atoms with Crippen LogP contribution in [0.25, 0.3) is 0 Å². The van der Waals surface area contributed by atoms with Gasteiger partial charge in [-0.05, 0) is 6.42 Å². The Morgan fingerprint density at radius 3 is 2.50 bits per heavy atom. The highest BCUT2D eigenvalue weighted by Gasteiger charge is 2.42. The minimum Gasteiger partial charge on any atom is -0.458 e. The molecule has 16 heavy (non-hydrogen) atoms. The molecule has 0 unspecified atom stereocenters. The van der Waals surface area contributed by atoms with Crippen LogP contribution < -0.4 is 17.2 Å². The summed E-state index contributed by atoms with van der Waals surface area (Å²) in [4.78, 5) is 11.1. The quantitative estimate of drug-likeness (QED) is 0.313. The van der Waals surface area contributed by atoms with Gasteiger partial charge in [-0.25, -0.2) is 4.79 Å². The molecule has 0 aromatic rings. The summed E-state index contributed by atoms with van der Waals surface area (Å²) in [6, 6.07) is -1.63. The number of hydrogen-bond acceptors (Lipinski definition) is 7. The van der Waals surface area contributed by atoms with Gasteiger partial charge in [0.2, 0.25) is 0 Å². The number of nitrogens with two attached hydrogens (primary N) is 3. The Hall–Kier alpha value is -1.15. The van der Waals surface area contributed by atoms with Gasteiger partial charge in [-0.3, -0.25) is 11.5 Å². The average Bonchev–Trinajstić information content (AvgIpc) is 2.49. The maximum Gasteiger partial charge on any atom is 0.353 e. The lowest BCUT2D eigenvalue weighted by Gasteiger charge is -2.16. The standard InChI is InChI=1S/C9H17N3O4/c1-3-6-7(16-9(11,12)15-6)4-14-8(13)5(2)10/h6-7H,2-4,10-12H2,1H3/t6-,7-/m1/s1. The molecule has 1 rings (SSSR count). The lowest BCUT2D eigenvalue weighted by molar-refractivity contribution is -0.172. The normalized spacial score (nSPS) is 27.7. The number of carbonyl (C=O) groups is 1. The molecule has 1 aliphatic heterocycles. The van der Waals surface area contributed by atoms with Gasteiger partial charge in [0.05, 0.1) is 6.10 Å². The van der Waals surface area contributed by atoms with Crippen LogP contribution in [-0.4, -0.2) is 30.8 Å². The Labute approximate surface area is 93.5 Å². The molecule has 1 aliphatic rings. The van der Waals surface area contributed by atoms with Crippen molar-refractivity contribution in [1.29, 1.82) is 0 Å². The molecule has 2 atom stereocenters. The monoisotopic (exact) mass is 231 g/mol. The third-order valence-corrected chi connectivity index (χ3v) is 2.13. The Kier molecular flexibility index (Phi) is 3.87. The third-order valence-electron chi connectivity index (χ3n) is 2.13. The first-order valence-electron chi connectivity index (χ1n) is 4.90. The molecule has 0 radical (unpaired) electrons. The van der Waals surface area contributed by atoms with E-state index in [1.807, 2.05) is 6.92 Å². The molecule has 0 spiro atoms. The number of esters is 1. The second-order valence-corrected chi connectivity index (χ2v) is 3.57. The van der Waals surface area contributed by atoms with Gasteiger partial charge in [0.25, 0.3) is 6.03 Å². The van der Waals surface area contributed by atoms with Crippen molar-refractivity contribution in [3.8, 4) is 0 Å². The molecule has 0 aromatic carbocycles. The zero-order valence-electron chi connectivity index (χ0n) is 9.14. The maximum absolute atomic E-state index is 11.1. The molecule has 0 aromatic heterocycles. The molecular formula is C9H17N3O4. The second-order valence-electron chi connectivity index (χ2n) is 3.57. The van der Waals surface area contributed by atoms with Gasteiger partial charge >= 0.3 is 5.97 Å². The fourth-order valence-corrected chi connectivity index (χ4v) is 1.39. The highest BCUT2D eigenvalue weighted by atomic mass is 16.8. The van der Waals surface area contributed by atoms with E-state index < -0.39 is 18.1 Å². The maximum atomic E-state index is 11.1. The summed E-state index contributed by atoms with van der Waals surface area (Å²) < 4.78 is 15.2. The minimum atomic E-state index is -1.63. The molecule has 0 bridgehead atoms. The number of ether oxygens (including phenoxy) is 3. The van der Waals surface area contributed by atoms with Crippen molar-refractivity contribution in [2.24, 2.45) is 17.2 Å². The second kappa shape index (κ2) is 4.79. The molecule has 7 heteroatoms. The number of carbonyl (C=O) groups excluding carboxylic acids is 1. The van der Waals surface area contributed by atoms with Gasteiger partial charge in [0.15, 0.2) is 0 Å². The van der Waals surface area contributed by atoms with E-state index in [1.54, 1.807) is 0 Å². The summed E-state index contributed by atoms with van der Waals surface area (Å²) in [7, 11) is 0. The van der Waals surface area contributed by atoms with Crippen LogP contribution >= 0.6 is 0 Å². The minimum absolute atomic E-state index is 0.0241. The van der Waals surface area contributed by atoms with E-state index in [1.165, 1.54) is 0 Å². The predicted octanol–water partition coefficient (Wildman–Crippen LogP) is -1.28. The van der Waals surface area contributed by atoms with Crippen LogP contribution in [0.2, 0.25) is 0 Å². The average molecular weight is 231 g/mol. The predicted molar refractivity (Wildman–Crippen MR) is 55.4 cm³/mol. The van der Waals surface area contributed by atoms with E-state index in [4.69, 9.17) is 31.4 Å². The summed E-state index contributed by atoms with van der Waals surface area (Å²) in [5.74, 6) is -0.690. The number of hydrogen-bond donors (Lipinski definition) is 3. The van der Waals surface area contributed by atoms with E-state index in [2.05, 4.69) is 6.58 Å². The molecule has 6 N–H and O–H groups in total. The highest BCUT2D eigenvalue weighted by Crippen LogP contribution is 2.23. The molecule has 1 saturated heterocycles. The highest BCUT2D eigenvalue weighted by molar-refractivity contribution is 5.86. The van der Waals surface area contributed by atoms with Crippen molar-refractivity contribution >= 4 is 5.97 Å². The molecule has 0 aliphatic carbocycles. The lowest BCUT2D eigenvalue weighted by atomic mass is 10.2. The Bertz CT molecular complexity index is 292. The summed E-state index contributed by atoms with van der Waals surface area (Å²) in [5, 5.41) is 0. The summed E-state index contributed by atoms with van der Waals surface area (Å²) in [5.41, 5.74) is 15.9. The van der Waals surface area contributed by atoms with Crippen molar-refractivity contribution in [1.82, 2.24) is 0 Å². The van der Waals surface area contributed by atoms with Crippen LogP contribution in [0, 0.1) is 0 Å². The van der Waals surface area contributed by atoms with Gasteiger partial charge < -0.3 is 19.9 Å². The van der Waals surface area contributed by atoms with E-state index in [-0.39, 0.29) is 18.4 Å². The summed E-state index contributed by atoms with van der Waals surface area (Å²) in [6.07, 6.45) is -0.167. The van der Waals surface area contributed by atoms with Crippen LogP contribution in [0.4, 0.5) is 0 Å². The van der Waals surface area contributed by atoms with Gasteiger partial charge in [-0.15, -0.1) is 0 Å². The van der Waals surface area contributed by atoms with Crippen LogP contribution in [0.3, 0.4) is 0 Å². The lowest BCUT2D eigenvalue weighted by Crippen LogP contribution is -2.51. The molecular weight excluding hydrogens is 214 g/mol. The Morgan fingerprint density at radius 1 is 1.44 bits per heavy atom. The summed E-state index contributed by atoms with van der Waals surface area (Å²) in [6.45, 7) is 5.11. The Morgan fingerprint density at radius 2 is 2.00 bits per heavy atom. The van der Waals surface area contributed by atoms with Gasteiger partial charge in [-0.1, -0.05) is 13.5 Å². The van der Waals surface area contributed by atoms with Crippen molar-refractivity contribution < 1.29 is 19.0 Å². The van der Waals surface area contributed by atoms with E-state index in [9.17, 15) is 4.79 Å². The van der Waals surface area contributed by atoms with Gasteiger partial charge in [0, 0.05) is 0 Å². The molecule has 92 valence electrons. The zero-order chi connectivity index (χ0) is 12.3. The topological polar surface area (TPSA) is 123 Å². The SMILES string of the molecule is C=C(N)C(=O)OC[C@H]1OC(N)(N)O[C@@H]1CC. The molecule has 7 nitrogen and oxygen atoms in total. The fraction of sp³-hybridized carbons (Fsp3) is 0.667. The largest absolute Gasteiger partial charge is 0.458 e. The Balaban J connectivity index is 2.48. The van der Waals surface area contributed by atoms with E-state index >= 15 is 0 Å².